The Hall–Kier alpha value is -1.10. The van der Waals surface area contributed by atoms with Gasteiger partial charge in [-0.25, -0.2) is 4.39 Å². The minimum Gasteiger partial charge on any atom is -0.310 e. The average molecular weight is 305 g/mol. The summed E-state index contributed by atoms with van der Waals surface area (Å²) in [5.74, 6) is -0.862. The lowest BCUT2D eigenvalue weighted by atomic mass is 10.1. The van der Waals surface area contributed by atoms with E-state index in [0.29, 0.717) is 6.07 Å². The van der Waals surface area contributed by atoms with E-state index < -0.39 is 17.6 Å². The fourth-order valence-corrected chi connectivity index (χ4v) is 2.23. The SMILES string of the molecule is CCCCCCC(C)NCc1ccc(F)cc1C(F)(F)F. The van der Waals surface area contributed by atoms with Crippen LogP contribution < -0.4 is 5.32 Å². The third kappa shape index (κ3) is 6.46. The van der Waals surface area contributed by atoms with E-state index in [9.17, 15) is 17.6 Å². The van der Waals surface area contributed by atoms with Crippen LogP contribution in [0.15, 0.2) is 18.2 Å². The highest BCUT2D eigenvalue weighted by molar-refractivity contribution is 5.30. The van der Waals surface area contributed by atoms with E-state index in [0.717, 1.165) is 31.7 Å². The molecule has 0 bridgehead atoms. The molecule has 0 amide bonds. The monoisotopic (exact) mass is 305 g/mol. The second-order valence-electron chi connectivity index (χ2n) is 5.43. The first-order valence-corrected chi connectivity index (χ1v) is 7.43. The molecule has 0 spiro atoms. The summed E-state index contributed by atoms with van der Waals surface area (Å²) in [6.07, 6.45) is 0.964. The zero-order valence-electron chi connectivity index (χ0n) is 12.6. The first kappa shape index (κ1) is 18.0. The molecule has 0 heterocycles. The van der Waals surface area contributed by atoms with Crippen LogP contribution in [0.1, 0.15) is 57.1 Å². The van der Waals surface area contributed by atoms with Crippen LogP contribution >= 0.6 is 0 Å². The minimum absolute atomic E-state index is 0.0873. The third-order valence-electron chi connectivity index (χ3n) is 3.51. The van der Waals surface area contributed by atoms with E-state index in [1.54, 1.807) is 0 Å². The van der Waals surface area contributed by atoms with Gasteiger partial charge >= 0.3 is 6.18 Å². The Labute approximate surface area is 123 Å². The van der Waals surface area contributed by atoms with Gasteiger partial charge in [0.15, 0.2) is 0 Å². The standard InChI is InChI=1S/C16H23F4N/c1-3-4-5-6-7-12(2)21-11-13-8-9-14(17)10-15(13)16(18,19)20/h8-10,12,21H,3-7,11H2,1-2H3. The zero-order chi connectivity index (χ0) is 15.9. The molecular weight excluding hydrogens is 282 g/mol. The van der Waals surface area contributed by atoms with Gasteiger partial charge in [-0.2, -0.15) is 13.2 Å². The number of alkyl halides is 3. The van der Waals surface area contributed by atoms with Crippen molar-refractivity contribution in [3.63, 3.8) is 0 Å². The van der Waals surface area contributed by atoms with Gasteiger partial charge in [-0.1, -0.05) is 38.7 Å². The third-order valence-corrected chi connectivity index (χ3v) is 3.51. The van der Waals surface area contributed by atoms with Crippen molar-refractivity contribution in [2.75, 3.05) is 0 Å². The fraction of sp³-hybridized carbons (Fsp3) is 0.625. The van der Waals surface area contributed by atoms with Crippen molar-refractivity contribution in [3.05, 3.63) is 35.1 Å². The van der Waals surface area contributed by atoms with Crippen molar-refractivity contribution < 1.29 is 17.6 Å². The molecule has 0 saturated heterocycles. The molecule has 0 aromatic heterocycles. The molecular formula is C16H23F4N. The van der Waals surface area contributed by atoms with Crippen LogP contribution in [-0.4, -0.2) is 6.04 Å². The van der Waals surface area contributed by atoms with Crippen molar-refractivity contribution in [3.8, 4) is 0 Å². The van der Waals surface area contributed by atoms with E-state index >= 15 is 0 Å². The first-order chi connectivity index (χ1) is 9.84. The minimum atomic E-state index is -4.52. The number of rotatable bonds is 8. The molecule has 1 nitrogen and oxygen atoms in total. The van der Waals surface area contributed by atoms with Gasteiger partial charge in [0.2, 0.25) is 0 Å². The molecule has 120 valence electrons. The van der Waals surface area contributed by atoms with Gasteiger partial charge in [0.25, 0.3) is 0 Å². The Morgan fingerprint density at radius 1 is 1.14 bits per heavy atom. The van der Waals surface area contributed by atoms with Gasteiger partial charge in [-0.15, -0.1) is 0 Å². The van der Waals surface area contributed by atoms with E-state index in [2.05, 4.69) is 12.2 Å². The molecule has 1 unspecified atom stereocenters. The highest BCUT2D eigenvalue weighted by atomic mass is 19.4. The van der Waals surface area contributed by atoms with Crippen LogP contribution in [0.25, 0.3) is 0 Å². The molecule has 1 rings (SSSR count). The molecule has 1 aromatic rings. The largest absolute Gasteiger partial charge is 0.416 e. The molecule has 0 fully saturated rings. The van der Waals surface area contributed by atoms with Crippen molar-refractivity contribution >= 4 is 0 Å². The second kappa shape index (κ2) is 8.37. The molecule has 0 aliphatic rings. The lowest BCUT2D eigenvalue weighted by Crippen LogP contribution is -2.26. The average Bonchev–Trinajstić information content (AvgIpc) is 2.41. The number of hydrogen-bond donors (Lipinski definition) is 1. The van der Waals surface area contributed by atoms with Crippen LogP contribution in [0.2, 0.25) is 0 Å². The summed E-state index contributed by atoms with van der Waals surface area (Å²) in [5.41, 5.74) is -0.808. The maximum absolute atomic E-state index is 13.0. The number of benzene rings is 1. The van der Waals surface area contributed by atoms with Crippen LogP contribution in [-0.2, 0) is 12.7 Å². The summed E-state index contributed by atoms with van der Waals surface area (Å²) in [4.78, 5) is 0. The Morgan fingerprint density at radius 2 is 1.86 bits per heavy atom. The van der Waals surface area contributed by atoms with Gasteiger partial charge in [-0.3, -0.25) is 0 Å². The van der Waals surface area contributed by atoms with Crippen molar-refractivity contribution in [1.82, 2.24) is 5.32 Å². The number of nitrogens with one attached hydrogen (secondary N) is 1. The number of halogens is 4. The van der Waals surface area contributed by atoms with Gasteiger partial charge in [0.05, 0.1) is 5.56 Å². The zero-order valence-corrected chi connectivity index (χ0v) is 12.6. The molecule has 0 aliphatic carbocycles. The Kier molecular flexibility index (Phi) is 7.15. The van der Waals surface area contributed by atoms with E-state index in [-0.39, 0.29) is 18.2 Å². The highest BCUT2D eigenvalue weighted by Gasteiger charge is 2.33. The lowest BCUT2D eigenvalue weighted by molar-refractivity contribution is -0.138. The van der Waals surface area contributed by atoms with Crippen LogP contribution in [0.5, 0.6) is 0 Å². The van der Waals surface area contributed by atoms with E-state index in [4.69, 9.17) is 0 Å². The van der Waals surface area contributed by atoms with Crippen LogP contribution in [0.3, 0.4) is 0 Å². The fourth-order valence-electron chi connectivity index (χ4n) is 2.23. The molecule has 21 heavy (non-hydrogen) atoms. The molecule has 1 atom stereocenters. The van der Waals surface area contributed by atoms with Gasteiger partial charge in [0, 0.05) is 12.6 Å². The number of hydrogen-bond acceptors (Lipinski definition) is 1. The van der Waals surface area contributed by atoms with E-state index in [1.807, 2.05) is 6.92 Å². The first-order valence-electron chi connectivity index (χ1n) is 7.43. The predicted molar refractivity (Wildman–Crippen MR) is 76.5 cm³/mol. The normalized spacial score (nSPS) is 13.4. The Bertz CT molecular complexity index is 429. The lowest BCUT2D eigenvalue weighted by Gasteiger charge is -2.17. The van der Waals surface area contributed by atoms with Gasteiger partial charge in [-0.05, 0) is 31.0 Å². The van der Waals surface area contributed by atoms with Crippen molar-refractivity contribution in [1.29, 1.82) is 0 Å². The van der Waals surface area contributed by atoms with Crippen LogP contribution in [0.4, 0.5) is 17.6 Å². The molecule has 1 N–H and O–H groups in total. The van der Waals surface area contributed by atoms with Gasteiger partial charge < -0.3 is 5.32 Å². The van der Waals surface area contributed by atoms with Crippen molar-refractivity contribution in [2.24, 2.45) is 0 Å². The van der Waals surface area contributed by atoms with E-state index in [1.165, 1.54) is 12.5 Å². The summed E-state index contributed by atoms with van der Waals surface area (Å²) in [5, 5.41) is 3.09. The summed E-state index contributed by atoms with van der Waals surface area (Å²) < 4.78 is 51.5. The smallest absolute Gasteiger partial charge is 0.310 e. The van der Waals surface area contributed by atoms with Crippen LogP contribution in [0, 0.1) is 5.82 Å². The summed E-state index contributed by atoms with van der Waals surface area (Å²) >= 11 is 0. The predicted octanol–water partition coefficient (Wildman–Crippen LogP) is 5.29. The molecule has 0 radical (unpaired) electrons. The maximum atomic E-state index is 13.0. The van der Waals surface area contributed by atoms with Crippen molar-refractivity contribution in [2.45, 2.75) is 64.7 Å². The Balaban J connectivity index is 2.55. The Morgan fingerprint density at radius 3 is 2.48 bits per heavy atom. The summed E-state index contributed by atoms with van der Waals surface area (Å²) in [6.45, 7) is 4.20. The number of unbranched alkanes of at least 4 members (excludes halogenated alkanes) is 3. The summed E-state index contributed by atoms with van der Waals surface area (Å²) in [6, 6.07) is 2.98. The molecule has 5 heteroatoms. The maximum Gasteiger partial charge on any atom is 0.416 e. The molecule has 0 aliphatic heterocycles. The highest BCUT2D eigenvalue weighted by Crippen LogP contribution is 2.32. The van der Waals surface area contributed by atoms with Gasteiger partial charge in [0.1, 0.15) is 5.82 Å². The molecule has 0 saturated carbocycles. The molecule has 1 aromatic carbocycles. The second-order valence-corrected chi connectivity index (χ2v) is 5.43. The topological polar surface area (TPSA) is 12.0 Å². The summed E-state index contributed by atoms with van der Waals surface area (Å²) in [7, 11) is 0. The quantitative estimate of drug-likeness (QED) is 0.508.